The van der Waals surface area contributed by atoms with Gasteiger partial charge in [0, 0.05) is 44.1 Å². The van der Waals surface area contributed by atoms with Crippen LogP contribution in [0.4, 0.5) is 17.5 Å². The molecule has 188 valence electrons. The van der Waals surface area contributed by atoms with Crippen molar-refractivity contribution in [2.75, 3.05) is 23.3 Å². The Bertz CT molecular complexity index is 1380. The molecule has 1 saturated heterocycles. The normalized spacial score (nSPS) is 15.0. The summed E-state index contributed by atoms with van der Waals surface area (Å²) in [7, 11) is 1.96. The number of nitrogens with zero attached hydrogens (tertiary/aromatic N) is 7. The fourth-order valence-electron chi connectivity index (χ4n) is 4.72. The predicted octanol–water partition coefficient (Wildman–Crippen LogP) is 4.40. The summed E-state index contributed by atoms with van der Waals surface area (Å²) < 4.78 is 3.78. The first-order valence-electron chi connectivity index (χ1n) is 12.5. The standard InChI is InChI=1S/C27H34N8O/c1-18-6-7-20(27(2,3)4)14-21(18)30-25-23-24(29-17-33(23)5)31-26(32-25)35-11-8-19(9-12-35)22(36)15-34-13-10-28-16-34/h6-7,10,13-14,16-17,19H,8-9,11-12,15H2,1-5H3,(H,30,31,32). The largest absolute Gasteiger partial charge is 0.341 e. The Kier molecular flexibility index (Phi) is 6.24. The molecule has 1 aliphatic rings. The van der Waals surface area contributed by atoms with E-state index in [-0.39, 0.29) is 17.1 Å². The summed E-state index contributed by atoms with van der Waals surface area (Å²) in [5.41, 5.74) is 5.00. The molecule has 4 heterocycles. The average Bonchev–Trinajstić information content (AvgIpc) is 3.49. The molecule has 5 rings (SSSR count). The molecule has 0 atom stereocenters. The highest BCUT2D eigenvalue weighted by Crippen LogP contribution is 2.32. The quantitative estimate of drug-likeness (QED) is 0.432. The second kappa shape index (κ2) is 9.37. The molecule has 0 aliphatic carbocycles. The fourth-order valence-corrected chi connectivity index (χ4v) is 4.72. The lowest BCUT2D eigenvalue weighted by Crippen LogP contribution is -2.38. The first kappa shape index (κ1) is 24.0. The number of ketones is 1. The molecule has 0 amide bonds. The van der Waals surface area contributed by atoms with Crippen LogP contribution >= 0.6 is 0 Å². The molecule has 4 aromatic rings. The van der Waals surface area contributed by atoms with Gasteiger partial charge in [0.2, 0.25) is 5.95 Å². The topological polar surface area (TPSA) is 93.8 Å². The number of rotatable bonds is 6. The maximum absolute atomic E-state index is 12.8. The van der Waals surface area contributed by atoms with E-state index in [2.05, 4.69) is 66.1 Å². The summed E-state index contributed by atoms with van der Waals surface area (Å²) >= 11 is 0. The highest BCUT2D eigenvalue weighted by Gasteiger charge is 2.27. The van der Waals surface area contributed by atoms with Crippen LogP contribution in [0.25, 0.3) is 11.2 Å². The van der Waals surface area contributed by atoms with Crippen LogP contribution in [0, 0.1) is 12.8 Å². The highest BCUT2D eigenvalue weighted by molar-refractivity contribution is 5.87. The molecular weight excluding hydrogens is 452 g/mol. The monoisotopic (exact) mass is 486 g/mol. The van der Waals surface area contributed by atoms with Crippen LogP contribution in [-0.2, 0) is 23.8 Å². The van der Waals surface area contributed by atoms with Crippen molar-refractivity contribution in [2.24, 2.45) is 13.0 Å². The van der Waals surface area contributed by atoms with Gasteiger partial charge in [0.05, 0.1) is 19.2 Å². The van der Waals surface area contributed by atoms with Gasteiger partial charge in [-0.25, -0.2) is 9.97 Å². The number of carbonyl (C=O) groups excluding carboxylic acids is 1. The van der Waals surface area contributed by atoms with E-state index in [9.17, 15) is 4.79 Å². The number of nitrogens with one attached hydrogen (secondary N) is 1. The number of imidazole rings is 2. The van der Waals surface area contributed by atoms with Crippen molar-refractivity contribution in [2.45, 2.75) is 52.5 Å². The molecule has 9 heteroatoms. The van der Waals surface area contributed by atoms with Crippen molar-refractivity contribution >= 4 is 34.4 Å². The molecule has 0 saturated carbocycles. The van der Waals surface area contributed by atoms with Gasteiger partial charge in [-0.05, 0) is 42.4 Å². The van der Waals surface area contributed by atoms with Gasteiger partial charge in [-0.1, -0.05) is 32.9 Å². The van der Waals surface area contributed by atoms with Gasteiger partial charge in [0.15, 0.2) is 17.2 Å². The van der Waals surface area contributed by atoms with Crippen LogP contribution in [0.1, 0.15) is 44.7 Å². The van der Waals surface area contributed by atoms with Crippen LogP contribution in [-0.4, -0.2) is 47.9 Å². The SMILES string of the molecule is Cc1ccc(C(C)(C)C)cc1Nc1nc(N2CCC(C(=O)Cn3ccnc3)CC2)nc2ncn(C)c12. The first-order chi connectivity index (χ1) is 17.2. The van der Waals surface area contributed by atoms with Crippen LogP contribution in [0.5, 0.6) is 0 Å². The summed E-state index contributed by atoms with van der Waals surface area (Å²) in [4.78, 5) is 33.2. The molecule has 1 aliphatic heterocycles. The summed E-state index contributed by atoms with van der Waals surface area (Å²) in [6, 6.07) is 6.54. The van der Waals surface area contributed by atoms with Gasteiger partial charge in [-0.15, -0.1) is 0 Å². The fraction of sp³-hybridized carbons (Fsp3) is 0.444. The van der Waals surface area contributed by atoms with Crippen LogP contribution in [0.3, 0.4) is 0 Å². The third-order valence-electron chi connectivity index (χ3n) is 7.05. The number of piperidine rings is 1. The minimum Gasteiger partial charge on any atom is -0.341 e. The summed E-state index contributed by atoms with van der Waals surface area (Å²) in [5, 5.41) is 3.58. The second-order valence-corrected chi connectivity index (χ2v) is 10.8. The number of hydrogen-bond acceptors (Lipinski definition) is 7. The maximum Gasteiger partial charge on any atom is 0.229 e. The van der Waals surface area contributed by atoms with E-state index < -0.39 is 0 Å². The number of aryl methyl sites for hydroxylation is 2. The van der Waals surface area contributed by atoms with Gasteiger partial charge in [0.1, 0.15) is 5.52 Å². The summed E-state index contributed by atoms with van der Waals surface area (Å²) in [6.45, 7) is 10.6. The van der Waals surface area contributed by atoms with Crippen LogP contribution < -0.4 is 10.2 Å². The molecule has 9 nitrogen and oxygen atoms in total. The second-order valence-electron chi connectivity index (χ2n) is 10.8. The number of benzene rings is 1. The van der Waals surface area contributed by atoms with E-state index in [0.717, 1.165) is 48.5 Å². The molecule has 3 aromatic heterocycles. The van der Waals surface area contributed by atoms with E-state index in [0.29, 0.717) is 18.1 Å². The zero-order chi connectivity index (χ0) is 25.4. The van der Waals surface area contributed by atoms with Crippen molar-refractivity contribution < 1.29 is 4.79 Å². The summed E-state index contributed by atoms with van der Waals surface area (Å²) in [6.07, 6.45) is 8.56. The minimum atomic E-state index is 0.0441. The van der Waals surface area contributed by atoms with E-state index in [1.54, 1.807) is 18.9 Å². The Morgan fingerprint density at radius 3 is 2.61 bits per heavy atom. The third-order valence-corrected chi connectivity index (χ3v) is 7.05. The number of hydrogen-bond donors (Lipinski definition) is 1. The van der Waals surface area contributed by atoms with Crippen molar-refractivity contribution in [3.05, 3.63) is 54.4 Å². The van der Waals surface area contributed by atoms with Gasteiger partial charge in [0.25, 0.3) is 0 Å². The van der Waals surface area contributed by atoms with Crippen molar-refractivity contribution in [3.63, 3.8) is 0 Å². The van der Waals surface area contributed by atoms with Crippen LogP contribution in [0.2, 0.25) is 0 Å². The van der Waals surface area contributed by atoms with Crippen molar-refractivity contribution in [3.8, 4) is 0 Å². The zero-order valence-corrected chi connectivity index (χ0v) is 21.7. The Hall–Kier alpha value is -3.75. The number of Topliss-reactive ketones (excluding diaryl/α,β-unsaturated/α-hetero) is 1. The minimum absolute atomic E-state index is 0.0441. The number of aromatic nitrogens is 6. The summed E-state index contributed by atoms with van der Waals surface area (Å²) in [5.74, 6) is 1.68. The molecule has 1 aromatic carbocycles. The van der Waals surface area contributed by atoms with Crippen molar-refractivity contribution in [1.82, 2.24) is 29.1 Å². The van der Waals surface area contributed by atoms with Gasteiger partial charge in [-0.3, -0.25) is 4.79 Å². The van der Waals surface area contributed by atoms with Crippen molar-refractivity contribution in [1.29, 1.82) is 0 Å². The Morgan fingerprint density at radius 2 is 1.92 bits per heavy atom. The lowest BCUT2D eigenvalue weighted by Gasteiger charge is -2.31. The molecular formula is C27H34N8O. The maximum atomic E-state index is 12.8. The van der Waals surface area contributed by atoms with E-state index in [1.165, 1.54) is 5.56 Å². The number of carbonyl (C=O) groups is 1. The Labute approximate surface area is 211 Å². The molecule has 36 heavy (non-hydrogen) atoms. The molecule has 0 radical (unpaired) electrons. The lowest BCUT2D eigenvalue weighted by molar-refractivity contribution is -0.124. The Morgan fingerprint density at radius 1 is 1.14 bits per heavy atom. The average molecular weight is 487 g/mol. The van der Waals surface area contributed by atoms with Gasteiger partial charge < -0.3 is 19.4 Å². The van der Waals surface area contributed by atoms with Crippen LogP contribution in [0.15, 0.2) is 43.2 Å². The van der Waals surface area contributed by atoms with E-state index in [4.69, 9.17) is 9.97 Å². The number of fused-ring (bicyclic) bond motifs is 1. The molecule has 0 unspecified atom stereocenters. The van der Waals surface area contributed by atoms with Gasteiger partial charge >= 0.3 is 0 Å². The lowest BCUT2D eigenvalue weighted by atomic mass is 9.86. The molecule has 0 bridgehead atoms. The first-order valence-corrected chi connectivity index (χ1v) is 12.5. The predicted molar refractivity (Wildman–Crippen MR) is 142 cm³/mol. The highest BCUT2D eigenvalue weighted by atomic mass is 16.1. The van der Waals surface area contributed by atoms with Gasteiger partial charge in [-0.2, -0.15) is 9.97 Å². The molecule has 0 spiro atoms. The number of anilines is 3. The zero-order valence-electron chi connectivity index (χ0n) is 21.7. The molecule has 1 fully saturated rings. The molecule has 1 N–H and O–H groups in total. The smallest absolute Gasteiger partial charge is 0.229 e. The Balaban J connectivity index is 1.39. The van der Waals surface area contributed by atoms with E-state index >= 15 is 0 Å². The third kappa shape index (κ3) is 4.82. The van der Waals surface area contributed by atoms with E-state index in [1.807, 2.05) is 22.4 Å².